The quantitative estimate of drug-likeness (QED) is 0.793. The summed E-state index contributed by atoms with van der Waals surface area (Å²) in [6.07, 6.45) is 5.16. The fraction of sp³-hybridized carbons (Fsp3) is 0.588. The first-order valence-electron chi connectivity index (χ1n) is 8.62. The maximum atomic E-state index is 12.4. The van der Waals surface area contributed by atoms with Crippen LogP contribution in [0.3, 0.4) is 0 Å². The molecule has 2 heterocycles. The number of anilines is 1. The van der Waals surface area contributed by atoms with Gasteiger partial charge in [0.1, 0.15) is 5.76 Å². The maximum Gasteiger partial charge on any atom is 0.242 e. The van der Waals surface area contributed by atoms with Crippen LogP contribution in [-0.2, 0) is 22.5 Å². The van der Waals surface area contributed by atoms with Gasteiger partial charge in [-0.1, -0.05) is 5.16 Å². The molecule has 1 amide bonds. The van der Waals surface area contributed by atoms with Crippen molar-refractivity contribution in [2.75, 3.05) is 19.0 Å². The number of nitrogens with one attached hydrogen (secondary N) is 2. The molecule has 25 heavy (non-hydrogen) atoms. The van der Waals surface area contributed by atoms with Crippen molar-refractivity contribution in [3.8, 4) is 0 Å². The molecular formula is C17H25N5O3. The molecule has 1 aliphatic rings. The summed E-state index contributed by atoms with van der Waals surface area (Å²) in [4.78, 5) is 12.4. The number of methoxy groups -OCH3 is 1. The standard InChI is InChI=1S/C17H25N5O3/c1-11-9-15(21-25-11)19-17(23)12(2)18-14-6-4-5-13-10-22(7-8-24-3)20-16(13)14/h9-10,12,14,18H,4-8H2,1-3H3,(H,19,21,23). The number of amides is 1. The van der Waals surface area contributed by atoms with Crippen LogP contribution >= 0.6 is 0 Å². The van der Waals surface area contributed by atoms with Gasteiger partial charge in [-0.15, -0.1) is 0 Å². The molecule has 8 heteroatoms. The number of rotatable bonds is 7. The van der Waals surface area contributed by atoms with Gasteiger partial charge in [-0.25, -0.2) is 0 Å². The van der Waals surface area contributed by atoms with Gasteiger partial charge in [0, 0.05) is 19.4 Å². The minimum absolute atomic E-state index is 0.0762. The van der Waals surface area contributed by atoms with Gasteiger partial charge in [-0.05, 0) is 38.7 Å². The monoisotopic (exact) mass is 347 g/mol. The Kier molecular flexibility index (Phi) is 5.50. The van der Waals surface area contributed by atoms with Gasteiger partial charge < -0.3 is 14.6 Å². The van der Waals surface area contributed by atoms with Gasteiger partial charge in [0.25, 0.3) is 0 Å². The lowest BCUT2D eigenvalue weighted by Gasteiger charge is -2.25. The van der Waals surface area contributed by atoms with E-state index in [0.29, 0.717) is 18.2 Å². The fourth-order valence-corrected chi connectivity index (χ4v) is 3.10. The summed E-state index contributed by atoms with van der Waals surface area (Å²) in [6.45, 7) is 5.00. The highest BCUT2D eigenvalue weighted by atomic mass is 16.5. The van der Waals surface area contributed by atoms with Crippen molar-refractivity contribution in [3.63, 3.8) is 0 Å². The Hall–Kier alpha value is -2.19. The van der Waals surface area contributed by atoms with E-state index >= 15 is 0 Å². The van der Waals surface area contributed by atoms with E-state index in [9.17, 15) is 4.79 Å². The third-order valence-electron chi connectivity index (χ3n) is 4.39. The minimum Gasteiger partial charge on any atom is -0.383 e. The molecule has 0 fully saturated rings. The number of hydrogen-bond donors (Lipinski definition) is 2. The zero-order chi connectivity index (χ0) is 17.8. The summed E-state index contributed by atoms with van der Waals surface area (Å²) < 4.78 is 12.0. The fourth-order valence-electron chi connectivity index (χ4n) is 3.10. The van der Waals surface area contributed by atoms with Crippen LogP contribution in [0, 0.1) is 6.92 Å². The third-order valence-corrected chi connectivity index (χ3v) is 4.39. The predicted octanol–water partition coefficient (Wildman–Crippen LogP) is 1.82. The lowest BCUT2D eigenvalue weighted by Crippen LogP contribution is -2.41. The van der Waals surface area contributed by atoms with Gasteiger partial charge >= 0.3 is 0 Å². The zero-order valence-corrected chi connectivity index (χ0v) is 14.9. The Bertz CT molecular complexity index is 724. The summed E-state index contributed by atoms with van der Waals surface area (Å²) in [5.41, 5.74) is 2.29. The maximum absolute atomic E-state index is 12.4. The van der Waals surface area contributed by atoms with E-state index < -0.39 is 0 Å². The average Bonchev–Trinajstić information content (AvgIpc) is 3.19. The first kappa shape index (κ1) is 17.6. The SMILES string of the molecule is COCCn1cc2c(n1)C(NC(C)C(=O)Nc1cc(C)on1)CCC2. The Morgan fingerprint density at radius 1 is 1.56 bits per heavy atom. The van der Waals surface area contributed by atoms with Crippen molar-refractivity contribution in [2.45, 2.75) is 51.7 Å². The smallest absolute Gasteiger partial charge is 0.242 e. The Balaban J connectivity index is 1.63. The molecule has 0 saturated heterocycles. The molecule has 0 radical (unpaired) electrons. The van der Waals surface area contributed by atoms with Crippen molar-refractivity contribution in [1.29, 1.82) is 0 Å². The molecule has 2 aromatic heterocycles. The van der Waals surface area contributed by atoms with Gasteiger partial charge in [0.05, 0.1) is 30.9 Å². The molecule has 0 saturated carbocycles. The van der Waals surface area contributed by atoms with E-state index in [-0.39, 0.29) is 18.0 Å². The van der Waals surface area contributed by atoms with Crippen molar-refractivity contribution in [1.82, 2.24) is 20.3 Å². The molecule has 3 rings (SSSR count). The van der Waals surface area contributed by atoms with Crippen molar-refractivity contribution in [3.05, 3.63) is 29.3 Å². The number of hydrogen-bond acceptors (Lipinski definition) is 6. The molecule has 0 bridgehead atoms. The first-order valence-corrected chi connectivity index (χ1v) is 8.62. The average molecular weight is 347 g/mol. The van der Waals surface area contributed by atoms with E-state index in [1.165, 1.54) is 5.56 Å². The van der Waals surface area contributed by atoms with Crippen LogP contribution in [-0.4, -0.2) is 40.6 Å². The van der Waals surface area contributed by atoms with Crippen LogP contribution < -0.4 is 10.6 Å². The molecule has 2 aromatic rings. The summed E-state index contributed by atoms with van der Waals surface area (Å²) in [6, 6.07) is 1.41. The summed E-state index contributed by atoms with van der Waals surface area (Å²) in [5.74, 6) is 0.956. The molecule has 0 spiro atoms. The van der Waals surface area contributed by atoms with E-state index in [1.54, 1.807) is 20.1 Å². The van der Waals surface area contributed by atoms with Crippen LogP contribution in [0.2, 0.25) is 0 Å². The van der Waals surface area contributed by atoms with Crippen LogP contribution in [0.1, 0.15) is 42.8 Å². The molecule has 1 aliphatic carbocycles. The van der Waals surface area contributed by atoms with E-state index in [4.69, 9.17) is 9.26 Å². The van der Waals surface area contributed by atoms with Gasteiger partial charge in [-0.2, -0.15) is 5.10 Å². The summed E-state index contributed by atoms with van der Waals surface area (Å²) >= 11 is 0. The summed E-state index contributed by atoms with van der Waals surface area (Å²) in [5, 5.41) is 14.6. The minimum atomic E-state index is -0.364. The van der Waals surface area contributed by atoms with Crippen LogP contribution in [0.25, 0.3) is 0 Å². The van der Waals surface area contributed by atoms with E-state index in [0.717, 1.165) is 31.5 Å². The number of aromatic nitrogens is 3. The number of carbonyl (C=O) groups excluding carboxylic acids is 1. The van der Waals surface area contributed by atoms with Crippen LogP contribution in [0.5, 0.6) is 0 Å². The van der Waals surface area contributed by atoms with Crippen molar-refractivity contribution in [2.24, 2.45) is 0 Å². The van der Waals surface area contributed by atoms with Crippen LogP contribution in [0.4, 0.5) is 5.82 Å². The highest BCUT2D eigenvalue weighted by Gasteiger charge is 2.27. The highest BCUT2D eigenvalue weighted by Crippen LogP contribution is 2.29. The molecule has 2 N–H and O–H groups in total. The largest absolute Gasteiger partial charge is 0.383 e. The lowest BCUT2D eigenvalue weighted by molar-refractivity contribution is -0.118. The van der Waals surface area contributed by atoms with Crippen LogP contribution in [0.15, 0.2) is 16.8 Å². The second kappa shape index (κ2) is 7.79. The van der Waals surface area contributed by atoms with Crippen molar-refractivity contribution >= 4 is 11.7 Å². The van der Waals surface area contributed by atoms with Gasteiger partial charge in [-0.3, -0.25) is 14.8 Å². The lowest BCUT2D eigenvalue weighted by atomic mass is 9.93. The molecule has 0 aliphatic heterocycles. The van der Waals surface area contributed by atoms with E-state index in [1.807, 2.05) is 11.6 Å². The second-order valence-electron chi connectivity index (χ2n) is 6.44. The zero-order valence-electron chi connectivity index (χ0n) is 14.9. The third kappa shape index (κ3) is 4.26. The topological polar surface area (TPSA) is 94.2 Å². The molecular weight excluding hydrogens is 322 g/mol. The first-order chi connectivity index (χ1) is 12.1. The Labute approximate surface area is 146 Å². The normalized spacial score (nSPS) is 18.0. The molecule has 0 aromatic carbocycles. The Morgan fingerprint density at radius 2 is 2.40 bits per heavy atom. The number of fused-ring (bicyclic) bond motifs is 1. The second-order valence-corrected chi connectivity index (χ2v) is 6.44. The predicted molar refractivity (Wildman–Crippen MR) is 92.2 cm³/mol. The summed E-state index contributed by atoms with van der Waals surface area (Å²) in [7, 11) is 1.68. The number of aryl methyl sites for hydroxylation is 2. The van der Waals surface area contributed by atoms with E-state index in [2.05, 4.69) is 27.1 Å². The molecule has 2 unspecified atom stereocenters. The van der Waals surface area contributed by atoms with Crippen molar-refractivity contribution < 1.29 is 14.1 Å². The Morgan fingerprint density at radius 3 is 3.12 bits per heavy atom. The number of ether oxygens (including phenoxy) is 1. The molecule has 2 atom stereocenters. The highest BCUT2D eigenvalue weighted by molar-refractivity contribution is 5.93. The molecule has 136 valence electrons. The molecule has 8 nitrogen and oxygen atoms in total. The number of nitrogens with zero attached hydrogens (tertiary/aromatic N) is 3. The number of carbonyl (C=O) groups is 1. The van der Waals surface area contributed by atoms with Gasteiger partial charge in [0.15, 0.2) is 5.82 Å². The van der Waals surface area contributed by atoms with Gasteiger partial charge in [0.2, 0.25) is 5.91 Å².